The molecule has 18 heavy (non-hydrogen) atoms. The van der Waals surface area contributed by atoms with E-state index < -0.39 is 0 Å². The number of nitrogen functional groups attached to an aromatic ring is 1. The van der Waals surface area contributed by atoms with Crippen LogP contribution in [-0.2, 0) is 0 Å². The molecule has 0 aromatic carbocycles. The number of nitrogens with two attached hydrogens (primary N) is 1. The number of hydrogen-bond donors (Lipinski definition) is 2. The van der Waals surface area contributed by atoms with Crippen molar-refractivity contribution in [1.29, 1.82) is 0 Å². The first-order valence-corrected chi connectivity index (χ1v) is 5.95. The molecule has 3 heterocycles. The van der Waals surface area contributed by atoms with Crippen molar-refractivity contribution in [3.8, 4) is 0 Å². The van der Waals surface area contributed by atoms with Crippen molar-refractivity contribution in [3.63, 3.8) is 0 Å². The molecule has 0 saturated carbocycles. The maximum Gasteiger partial charge on any atom is 0.164 e. The SMILES string of the molecule is Cl.Nc1ncnc2nc(C3CCCCN3)ccc12. The predicted molar refractivity (Wildman–Crippen MR) is 73.6 cm³/mol. The Morgan fingerprint density at radius 3 is 2.89 bits per heavy atom. The predicted octanol–water partition coefficient (Wildman–Crippen LogP) is 1.84. The minimum absolute atomic E-state index is 0. The van der Waals surface area contributed by atoms with E-state index in [1.807, 2.05) is 12.1 Å². The monoisotopic (exact) mass is 265 g/mol. The van der Waals surface area contributed by atoms with Gasteiger partial charge in [0.2, 0.25) is 0 Å². The standard InChI is InChI=1S/C12H15N5.ClH/c13-11-8-4-5-10(9-3-1-2-6-14-9)17-12(8)16-7-15-11;/h4-5,7,9,14H,1-3,6H2,(H2,13,15,16,17);1H. The molecule has 0 radical (unpaired) electrons. The van der Waals surface area contributed by atoms with Crippen molar-refractivity contribution in [2.24, 2.45) is 0 Å². The Morgan fingerprint density at radius 1 is 1.22 bits per heavy atom. The van der Waals surface area contributed by atoms with Crippen molar-refractivity contribution in [2.75, 3.05) is 12.3 Å². The lowest BCUT2D eigenvalue weighted by Gasteiger charge is -2.22. The Bertz CT molecular complexity index is 539. The molecule has 1 fully saturated rings. The summed E-state index contributed by atoms with van der Waals surface area (Å²) in [6.07, 6.45) is 5.10. The summed E-state index contributed by atoms with van der Waals surface area (Å²) in [5, 5.41) is 4.30. The molecule has 1 unspecified atom stereocenters. The van der Waals surface area contributed by atoms with E-state index in [0.717, 1.165) is 24.0 Å². The van der Waals surface area contributed by atoms with Crippen LogP contribution in [0.1, 0.15) is 31.0 Å². The van der Waals surface area contributed by atoms with Crippen LogP contribution in [0.4, 0.5) is 5.82 Å². The van der Waals surface area contributed by atoms with Gasteiger partial charge in [-0.2, -0.15) is 0 Å². The lowest BCUT2D eigenvalue weighted by Crippen LogP contribution is -2.27. The van der Waals surface area contributed by atoms with Crippen LogP contribution < -0.4 is 11.1 Å². The number of aromatic nitrogens is 3. The van der Waals surface area contributed by atoms with Gasteiger partial charge < -0.3 is 11.1 Å². The summed E-state index contributed by atoms with van der Waals surface area (Å²) in [6.45, 7) is 1.07. The van der Waals surface area contributed by atoms with Crippen LogP contribution in [0.2, 0.25) is 0 Å². The third-order valence-corrected chi connectivity index (χ3v) is 3.22. The van der Waals surface area contributed by atoms with Gasteiger partial charge >= 0.3 is 0 Å². The van der Waals surface area contributed by atoms with E-state index in [4.69, 9.17) is 5.73 Å². The van der Waals surface area contributed by atoms with Gasteiger partial charge in [0.25, 0.3) is 0 Å². The fraction of sp³-hybridized carbons (Fsp3) is 0.417. The first-order chi connectivity index (χ1) is 8.34. The average molecular weight is 266 g/mol. The van der Waals surface area contributed by atoms with E-state index in [2.05, 4.69) is 20.3 Å². The quantitative estimate of drug-likeness (QED) is 0.823. The van der Waals surface area contributed by atoms with Crippen molar-refractivity contribution >= 4 is 29.3 Å². The van der Waals surface area contributed by atoms with E-state index >= 15 is 0 Å². The molecule has 2 aromatic rings. The van der Waals surface area contributed by atoms with Crippen molar-refractivity contribution in [2.45, 2.75) is 25.3 Å². The van der Waals surface area contributed by atoms with Gasteiger partial charge in [0.15, 0.2) is 5.65 Å². The van der Waals surface area contributed by atoms with Gasteiger partial charge in [-0.15, -0.1) is 12.4 Å². The van der Waals surface area contributed by atoms with E-state index in [1.54, 1.807) is 0 Å². The topological polar surface area (TPSA) is 76.7 Å². The molecule has 0 spiro atoms. The molecule has 5 nitrogen and oxygen atoms in total. The van der Waals surface area contributed by atoms with E-state index in [1.165, 1.54) is 19.2 Å². The zero-order valence-electron chi connectivity index (χ0n) is 9.97. The van der Waals surface area contributed by atoms with Gasteiger partial charge in [-0.25, -0.2) is 15.0 Å². The van der Waals surface area contributed by atoms with Crippen LogP contribution >= 0.6 is 12.4 Å². The maximum absolute atomic E-state index is 5.78. The Hall–Kier alpha value is -1.46. The van der Waals surface area contributed by atoms with E-state index in [9.17, 15) is 0 Å². The summed E-state index contributed by atoms with van der Waals surface area (Å²) in [4.78, 5) is 12.7. The summed E-state index contributed by atoms with van der Waals surface area (Å²) in [6, 6.07) is 4.33. The van der Waals surface area contributed by atoms with E-state index in [0.29, 0.717) is 17.5 Å². The Balaban J connectivity index is 0.00000120. The van der Waals surface area contributed by atoms with Crippen molar-refractivity contribution in [3.05, 3.63) is 24.2 Å². The van der Waals surface area contributed by atoms with Gasteiger partial charge in [-0.3, -0.25) is 0 Å². The Morgan fingerprint density at radius 2 is 2.11 bits per heavy atom. The maximum atomic E-state index is 5.78. The van der Waals surface area contributed by atoms with Crippen LogP contribution in [-0.4, -0.2) is 21.5 Å². The molecule has 1 saturated heterocycles. The first kappa shape index (κ1) is 13.0. The lowest BCUT2D eigenvalue weighted by molar-refractivity contribution is 0.406. The lowest BCUT2D eigenvalue weighted by atomic mass is 10.0. The molecule has 0 aliphatic carbocycles. The molecule has 6 heteroatoms. The number of hydrogen-bond acceptors (Lipinski definition) is 5. The van der Waals surface area contributed by atoms with Crippen molar-refractivity contribution < 1.29 is 0 Å². The zero-order chi connectivity index (χ0) is 11.7. The van der Waals surface area contributed by atoms with Crippen LogP contribution in [0.3, 0.4) is 0 Å². The fourth-order valence-corrected chi connectivity index (χ4v) is 2.28. The molecule has 0 bridgehead atoms. The van der Waals surface area contributed by atoms with Crippen LogP contribution in [0, 0.1) is 0 Å². The highest BCUT2D eigenvalue weighted by atomic mass is 35.5. The third kappa shape index (κ3) is 2.37. The molecule has 3 N–H and O–H groups in total. The zero-order valence-corrected chi connectivity index (χ0v) is 10.8. The summed E-state index contributed by atoms with van der Waals surface area (Å²) in [5.74, 6) is 0.491. The number of anilines is 1. The number of nitrogens with one attached hydrogen (secondary N) is 1. The van der Waals surface area contributed by atoms with E-state index in [-0.39, 0.29) is 12.4 Å². The molecule has 1 aliphatic heterocycles. The second-order valence-electron chi connectivity index (χ2n) is 4.37. The third-order valence-electron chi connectivity index (χ3n) is 3.22. The molecule has 1 aliphatic rings. The molecule has 0 amide bonds. The summed E-state index contributed by atoms with van der Waals surface area (Å²) in [5.41, 5.74) is 7.51. The average Bonchev–Trinajstić information content (AvgIpc) is 2.40. The first-order valence-electron chi connectivity index (χ1n) is 5.95. The fourth-order valence-electron chi connectivity index (χ4n) is 2.28. The summed E-state index contributed by atoms with van der Waals surface area (Å²) < 4.78 is 0. The Labute approximate surface area is 112 Å². The second kappa shape index (κ2) is 5.46. The highest BCUT2D eigenvalue weighted by molar-refractivity contribution is 5.85. The van der Waals surface area contributed by atoms with Gasteiger partial charge in [0.1, 0.15) is 12.1 Å². The number of piperidine rings is 1. The number of fused-ring (bicyclic) bond motifs is 1. The molecule has 96 valence electrons. The second-order valence-corrected chi connectivity index (χ2v) is 4.37. The summed E-state index contributed by atoms with van der Waals surface area (Å²) >= 11 is 0. The molecule has 2 aromatic heterocycles. The molecular weight excluding hydrogens is 250 g/mol. The largest absolute Gasteiger partial charge is 0.383 e. The van der Waals surface area contributed by atoms with Crippen LogP contribution in [0.5, 0.6) is 0 Å². The smallest absolute Gasteiger partial charge is 0.164 e. The van der Waals surface area contributed by atoms with Gasteiger partial charge in [-0.1, -0.05) is 6.42 Å². The number of rotatable bonds is 1. The normalized spacial score (nSPS) is 19.4. The molecule has 3 rings (SSSR count). The number of nitrogens with zero attached hydrogens (tertiary/aromatic N) is 3. The highest BCUT2D eigenvalue weighted by Gasteiger charge is 2.16. The van der Waals surface area contributed by atoms with Gasteiger partial charge in [-0.05, 0) is 31.5 Å². The number of halogens is 1. The minimum atomic E-state index is 0. The highest BCUT2D eigenvalue weighted by Crippen LogP contribution is 2.23. The number of pyridine rings is 1. The summed E-state index contributed by atoms with van der Waals surface area (Å²) in [7, 11) is 0. The Kier molecular flexibility index (Phi) is 3.93. The van der Waals surface area contributed by atoms with Crippen LogP contribution in [0.15, 0.2) is 18.5 Å². The van der Waals surface area contributed by atoms with Crippen molar-refractivity contribution in [1.82, 2.24) is 20.3 Å². The molecular formula is C12H16ClN5. The molecule has 1 atom stereocenters. The minimum Gasteiger partial charge on any atom is -0.383 e. The van der Waals surface area contributed by atoms with Gasteiger partial charge in [0.05, 0.1) is 11.1 Å². The van der Waals surface area contributed by atoms with Crippen LogP contribution in [0.25, 0.3) is 11.0 Å². The van der Waals surface area contributed by atoms with Gasteiger partial charge in [0, 0.05) is 6.04 Å².